The van der Waals surface area contributed by atoms with Gasteiger partial charge in [0.2, 0.25) is 0 Å². The molecule has 2 atom stereocenters. The zero-order valence-electron chi connectivity index (χ0n) is 11.3. The predicted molar refractivity (Wildman–Crippen MR) is 77.6 cm³/mol. The number of nitrogens with zero attached hydrogens (tertiary/aromatic N) is 4. The summed E-state index contributed by atoms with van der Waals surface area (Å²) in [7, 11) is 0. The van der Waals surface area contributed by atoms with Crippen LogP contribution in [0.5, 0.6) is 0 Å². The Labute approximate surface area is 125 Å². The Kier molecular flexibility index (Phi) is 3.19. The molecule has 1 aliphatic heterocycles. The molecule has 2 aromatic heterocycles. The van der Waals surface area contributed by atoms with Gasteiger partial charge in [-0.25, -0.2) is 4.68 Å². The molecule has 3 heterocycles. The van der Waals surface area contributed by atoms with Crippen LogP contribution in [0.4, 0.5) is 5.82 Å². The summed E-state index contributed by atoms with van der Waals surface area (Å²) in [6.45, 7) is 1.01. The summed E-state index contributed by atoms with van der Waals surface area (Å²) in [5, 5.41) is 7.82. The Bertz CT molecular complexity index is 682. The largest absolute Gasteiger partial charge is 0.377 e. The molecule has 2 aliphatic rings. The highest BCUT2D eigenvalue weighted by Gasteiger charge is 2.33. The minimum Gasteiger partial charge on any atom is -0.377 e. The fraction of sp³-hybridized carbons (Fsp3) is 0.538. The van der Waals surface area contributed by atoms with Gasteiger partial charge >= 0.3 is 0 Å². The Balaban J connectivity index is 1.61. The van der Waals surface area contributed by atoms with Gasteiger partial charge in [-0.1, -0.05) is 0 Å². The molecule has 1 N–H and O–H groups in total. The lowest BCUT2D eigenvalue weighted by Crippen LogP contribution is -2.37. The number of aromatic nitrogens is 4. The smallest absolute Gasteiger partial charge is 0.267 e. The molecule has 2 fully saturated rings. The molecule has 2 unspecified atom stereocenters. The first kappa shape index (κ1) is 12.9. The second-order valence-electron chi connectivity index (χ2n) is 5.46. The zero-order chi connectivity index (χ0) is 14.2. The molecule has 0 spiro atoms. The van der Waals surface area contributed by atoms with E-state index in [0.29, 0.717) is 24.9 Å². The van der Waals surface area contributed by atoms with Gasteiger partial charge in [0.25, 0.3) is 5.56 Å². The van der Waals surface area contributed by atoms with E-state index in [0.717, 1.165) is 17.4 Å². The maximum absolute atomic E-state index is 12.1. The lowest BCUT2D eigenvalue weighted by molar-refractivity contribution is 0.182. The quantitative estimate of drug-likeness (QED) is 0.908. The first-order valence-electron chi connectivity index (χ1n) is 7.03. The summed E-state index contributed by atoms with van der Waals surface area (Å²) in [5.74, 6) is 1.24. The van der Waals surface area contributed by atoms with Crippen molar-refractivity contribution < 1.29 is 4.74 Å². The summed E-state index contributed by atoms with van der Waals surface area (Å²) >= 11 is 1.15. The Hall–Kier alpha value is -1.80. The van der Waals surface area contributed by atoms with E-state index in [1.165, 1.54) is 12.8 Å². The maximum atomic E-state index is 12.1. The van der Waals surface area contributed by atoms with Crippen LogP contribution in [0, 0.1) is 0 Å². The molecule has 0 radical (unpaired) electrons. The van der Waals surface area contributed by atoms with Crippen molar-refractivity contribution in [3.8, 4) is 0 Å². The topological polar surface area (TPSA) is 81.9 Å². The van der Waals surface area contributed by atoms with Crippen LogP contribution in [0.2, 0.25) is 0 Å². The van der Waals surface area contributed by atoms with Crippen LogP contribution in [0.15, 0.2) is 23.1 Å². The molecule has 1 aliphatic carbocycles. The third-order valence-corrected chi connectivity index (χ3v) is 4.38. The van der Waals surface area contributed by atoms with E-state index in [2.05, 4.69) is 19.2 Å². The number of rotatable bonds is 4. The summed E-state index contributed by atoms with van der Waals surface area (Å²) in [6, 6.07) is 3.32. The lowest BCUT2D eigenvalue weighted by Gasteiger charge is -2.20. The summed E-state index contributed by atoms with van der Waals surface area (Å²) in [5.41, 5.74) is 0.925. The highest BCUT2D eigenvalue weighted by molar-refractivity contribution is 6.99. The van der Waals surface area contributed by atoms with Crippen molar-refractivity contribution >= 4 is 17.5 Å². The van der Waals surface area contributed by atoms with Gasteiger partial charge in [-0.3, -0.25) is 4.79 Å². The molecule has 0 bridgehead atoms. The average Bonchev–Trinajstić information content (AvgIpc) is 3.03. The minimum absolute atomic E-state index is 0.0199. The second kappa shape index (κ2) is 5.19. The van der Waals surface area contributed by atoms with Gasteiger partial charge in [-0.05, 0) is 18.9 Å². The molecule has 1 saturated heterocycles. The van der Waals surface area contributed by atoms with Crippen LogP contribution in [0.25, 0.3) is 0 Å². The molecule has 4 rings (SSSR count). The van der Waals surface area contributed by atoms with Gasteiger partial charge in [0.15, 0.2) is 5.82 Å². The van der Waals surface area contributed by atoms with Crippen molar-refractivity contribution in [1.29, 1.82) is 0 Å². The van der Waals surface area contributed by atoms with E-state index in [9.17, 15) is 4.79 Å². The molecule has 1 saturated carbocycles. The van der Waals surface area contributed by atoms with Crippen LogP contribution >= 0.6 is 11.7 Å². The first-order chi connectivity index (χ1) is 10.3. The molecule has 2 aromatic rings. The van der Waals surface area contributed by atoms with E-state index in [-0.39, 0.29) is 17.6 Å². The minimum atomic E-state index is -0.113. The number of anilines is 1. The Morgan fingerprint density at radius 3 is 3.00 bits per heavy atom. The van der Waals surface area contributed by atoms with E-state index in [4.69, 9.17) is 4.74 Å². The number of nitrogens with one attached hydrogen (secondary N) is 1. The highest BCUT2D eigenvalue weighted by Crippen LogP contribution is 2.38. The van der Waals surface area contributed by atoms with Crippen molar-refractivity contribution in [2.75, 3.05) is 18.5 Å². The van der Waals surface area contributed by atoms with Crippen molar-refractivity contribution in [3.63, 3.8) is 0 Å². The third-order valence-electron chi connectivity index (χ3n) is 3.90. The van der Waals surface area contributed by atoms with Crippen LogP contribution in [-0.4, -0.2) is 37.8 Å². The lowest BCUT2D eigenvalue weighted by atomic mass is 10.1. The Morgan fingerprint density at radius 2 is 2.24 bits per heavy atom. The van der Waals surface area contributed by atoms with E-state index in [1.54, 1.807) is 16.9 Å². The summed E-state index contributed by atoms with van der Waals surface area (Å²) in [6.07, 6.45) is 4.01. The number of ether oxygens (including phenoxy) is 1. The van der Waals surface area contributed by atoms with Gasteiger partial charge < -0.3 is 10.1 Å². The number of hydrogen-bond acceptors (Lipinski definition) is 7. The first-order valence-corrected chi connectivity index (χ1v) is 7.76. The van der Waals surface area contributed by atoms with E-state index >= 15 is 0 Å². The van der Waals surface area contributed by atoms with Gasteiger partial charge in [-0.2, -0.15) is 13.8 Å². The maximum Gasteiger partial charge on any atom is 0.267 e. The van der Waals surface area contributed by atoms with Crippen molar-refractivity contribution in [2.24, 2.45) is 0 Å². The predicted octanol–water partition coefficient (Wildman–Crippen LogP) is 1.02. The molecule has 8 heteroatoms. The molecular formula is C13H15N5O2S. The zero-order valence-corrected chi connectivity index (χ0v) is 12.1. The number of hydrogen-bond donors (Lipinski definition) is 1. The highest BCUT2D eigenvalue weighted by atomic mass is 32.1. The molecule has 110 valence electrons. The van der Waals surface area contributed by atoms with Crippen molar-refractivity contribution in [2.45, 2.75) is 30.8 Å². The average molecular weight is 305 g/mol. The second-order valence-corrected chi connectivity index (χ2v) is 6.02. The molecule has 0 aromatic carbocycles. The standard InChI is InChI=1S/C13H15N5O2S/c19-13-4-3-9(8-1-2-8)16-18(13)11-7-20-6-10(11)15-12-5-14-21-17-12/h3-5,8,10-11H,1-2,6-7H2,(H,15,17). The normalized spacial score (nSPS) is 25.1. The molecule has 7 nitrogen and oxygen atoms in total. The van der Waals surface area contributed by atoms with Crippen LogP contribution in [0.3, 0.4) is 0 Å². The molecule has 21 heavy (non-hydrogen) atoms. The van der Waals surface area contributed by atoms with Crippen LogP contribution in [0.1, 0.15) is 30.5 Å². The Morgan fingerprint density at radius 1 is 1.33 bits per heavy atom. The van der Waals surface area contributed by atoms with E-state index < -0.39 is 0 Å². The third kappa shape index (κ3) is 2.56. The van der Waals surface area contributed by atoms with E-state index in [1.807, 2.05) is 6.07 Å². The fourth-order valence-electron chi connectivity index (χ4n) is 2.61. The van der Waals surface area contributed by atoms with Gasteiger partial charge in [0, 0.05) is 12.0 Å². The van der Waals surface area contributed by atoms with Crippen molar-refractivity contribution in [3.05, 3.63) is 34.4 Å². The molecule has 0 amide bonds. The van der Waals surface area contributed by atoms with Crippen LogP contribution in [-0.2, 0) is 4.74 Å². The van der Waals surface area contributed by atoms with Crippen LogP contribution < -0.4 is 10.9 Å². The molecular weight excluding hydrogens is 290 g/mol. The SMILES string of the molecule is O=c1ccc(C2CC2)nn1C1COCC1Nc1cnsn1. The van der Waals surface area contributed by atoms with Crippen molar-refractivity contribution in [1.82, 2.24) is 18.5 Å². The fourth-order valence-corrected chi connectivity index (χ4v) is 3.00. The van der Waals surface area contributed by atoms with Gasteiger partial charge in [-0.15, -0.1) is 0 Å². The van der Waals surface area contributed by atoms with Gasteiger partial charge in [0.1, 0.15) is 6.04 Å². The monoisotopic (exact) mass is 305 g/mol. The summed E-state index contributed by atoms with van der Waals surface area (Å²) in [4.78, 5) is 12.1. The van der Waals surface area contributed by atoms with Gasteiger partial charge in [0.05, 0.1) is 42.9 Å². The summed E-state index contributed by atoms with van der Waals surface area (Å²) < 4.78 is 15.2.